The highest BCUT2D eigenvalue weighted by Crippen LogP contribution is 2.22. The Morgan fingerprint density at radius 2 is 2.05 bits per heavy atom. The summed E-state index contributed by atoms with van der Waals surface area (Å²) < 4.78 is 61.2. The topological polar surface area (TPSA) is 88.3 Å². The number of nitrogens with one attached hydrogen (secondary N) is 1. The van der Waals surface area contributed by atoms with E-state index in [9.17, 15) is 21.6 Å². The van der Waals surface area contributed by atoms with Gasteiger partial charge in [0.15, 0.2) is 0 Å². The molecule has 0 aliphatic carbocycles. The van der Waals surface area contributed by atoms with Gasteiger partial charge in [-0.1, -0.05) is 6.92 Å². The molecule has 0 unspecified atom stereocenters. The van der Waals surface area contributed by atoms with Gasteiger partial charge in [-0.3, -0.25) is 0 Å². The molecule has 0 radical (unpaired) electrons. The first-order valence-corrected chi connectivity index (χ1v) is 6.64. The van der Waals surface area contributed by atoms with E-state index in [1.807, 2.05) is 0 Å². The Labute approximate surface area is 108 Å². The van der Waals surface area contributed by atoms with Gasteiger partial charge < -0.3 is 5.43 Å². The Hall–Kier alpha value is -1.39. The van der Waals surface area contributed by atoms with Gasteiger partial charge in [-0.05, 0) is 12.1 Å². The van der Waals surface area contributed by atoms with Crippen LogP contribution >= 0.6 is 0 Å². The van der Waals surface area contributed by atoms with Crippen molar-refractivity contribution in [3.8, 4) is 0 Å². The number of sulfonamides is 1. The van der Waals surface area contributed by atoms with Crippen molar-refractivity contribution >= 4 is 15.8 Å². The van der Waals surface area contributed by atoms with E-state index in [-0.39, 0.29) is 17.3 Å². The molecular weight excluding hydrogens is 285 g/mol. The van der Waals surface area contributed by atoms with E-state index >= 15 is 0 Å². The van der Waals surface area contributed by atoms with E-state index < -0.39 is 22.7 Å². The lowest BCUT2D eigenvalue weighted by Gasteiger charge is -2.21. The molecule has 0 aromatic carbocycles. The van der Waals surface area contributed by atoms with Crippen molar-refractivity contribution in [3.05, 3.63) is 18.3 Å². The largest absolute Gasteiger partial charge is 0.402 e. The molecule has 1 aromatic rings. The summed E-state index contributed by atoms with van der Waals surface area (Å²) in [6.07, 6.45) is -3.65. The summed E-state index contributed by atoms with van der Waals surface area (Å²) >= 11 is 0. The lowest BCUT2D eigenvalue weighted by atomic mass is 10.5. The zero-order valence-corrected chi connectivity index (χ0v) is 10.8. The number of aromatic nitrogens is 1. The summed E-state index contributed by atoms with van der Waals surface area (Å²) in [6, 6.07) is 2.39. The summed E-state index contributed by atoms with van der Waals surface area (Å²) in [5.74, 6) is 5.26. The van der Waals surface area contributed by atoms with Crippen LogP contribution in [0.3, 0.4) is 0 Å². The van der Waals surface area contributed by atoms with Crippen molar-refractivity contribution in [2.45, 2.75) is 18.0 Å². The van der Waals surface area contributed by atoms with Crippen LogP contribution in [-0.2, 0) is 10.0 Å². The van der Waals surface area contributed by atoms with Crippen LogP contribution in [0.25, 0.3) is 0 Å². The van der Waals surface area contributed by atoms with Gasteiger partial charge in [0, 0.05) is 12.7 Å². The van der Waals surface area contributed by atoms with Crippen LogP contribution in [-0.4, -0.2) is 37.0 Å². The van der Waals surface area contributed by atoms with Crippen molar-refractivity contribution in [1.82, 2.24) is 9.29 Å². The average Bonchev–Trinajstić information content (AvgIpc) is 2.34. The Morgan fingerprint density at radius 3 is 2.42 bits per heavy atom. The van der Waals surface area contributed by atoms with Gasteiger partial charge in [0.2, 0.25) is 10.0 Å². The third-order valence-electron chi connectivity index (χ3n) is 2.23. The molecule has 0 fully saturated rings. The van der Waals surface area contributed by atoms with Gasteiger partial charge in [0.1, 0.15) is 17.3 Å². The van der Waals surface area contributed by atoms with Crippen LogP contribution in [0, 0.1) is 0 Å². The third kappa shape index (κ3) is 4.04. The SMILES string of the molecule is CCN(CC(F)(F)F)S(=O)(=O)c1ccc(NN)nc1. The molecule has 10 heteroatoms. The molecule has 108 valence electrons. The smallest absolute Gasteiger partial charge is 0.308 e. The van der Waals surface area contributed by atoms with Crippen molar-refractivity contribution in [2.24, 2.45) is 5.84 Å². The lowest BCUT2D eigenvalue weighted by molar-refractivity contribution is -0.135. The quantitative estimate of drug-likeness (QED) is 0.624. The zero-order chi connectivity index (χ0) is 14.7. The predicted molar refractivity (Wildman–Crippen MR) is 62.5 cm³/mol. The summed E-state index contributed by atoms with van der Waals surface area (Å²) in [7, 11) is -4.23. The van der Waals surface area contributed by atoms with Crippen LogP contribution in [0.2, 0.25) is 0 Å². The Balaban J connectivity index is 3.06. The molecule has 1 aromatic heterocycles. The molecule has 1 heterocycles. The van der Waals surface area contributed by atoms with E-state index in [2.05, 4.69) is 10.4 Å². The Morgan fingerprint density at radius 1 is 1.42 bits per heavy atom. The number of rotatable bonds is 5. The van der Waals surface area contributed by atoms with Crippen LogP contribution < -0.4 is 11.3 Å². The van der Waals surface area contributed by atoms with E-state index in [1.165, 1.54) is 13.0 Å². The highest BCUT2D eigenvalue weighted by Gasteiger charge is 2.36. The second-order valence-electron chi connectivity index (χ2n) is 3.57. The Kier molecular flexibility index (Phi) is 4.71. The number of anilines is 1. The highest BCUT2D eigenvalue weighted by molar-refractivity contribution is 7.89. The number of halogens is 3. The second-order valence-corrected chi connectivity index (χ2v) is 5.51. The molecule has 0 spiro atoms. The molecule has 6 nitrogen and oxygen atoms in total. The fraction of sp³-hybridized carbons (Fsp3) is 0.444. The van der Waals surface area contributed by atoms with E-state index in [0.29, 0.717) is 4.31 Å². The van der Waals surface area contributed by atoms with E-state index in [1.54, 1.807) is 0 Å². The minimum Gasteiger partial charge on any atom is -0.308 e. The first-order valence-electron chi connectivity index (χ1n) is 5.20. The summed E-state index contributed by atoms with van der Waals surface area (Å²) in [4.78, 5) is 3.33. The fourth-order valence-corrected chi connectivity index (χ4v) is 2.71. The summed E-state index contributed by atoms with van der Waals surface area (Å²) in [6.45, 7) is -0.506. The first kappa shape index (κ1) is 15.7. The predicted octanol–water partition coefficient (Wildman–Crippen LogP) is 0.940. The van der Waals surface area contributed by atoms with Gasteiger partial charge in [0.05, 0.1) is 0 Å². The number of pyridine rings is 1. The molecule has 0 atom stereocenters. The molecule has 0 aliphatic heterocycles. The van der Waals surface area contributed by atoms with Crippen LogP contribution in [0.15, 0.2) is 23.2 Å². The maximum absolute atomic E-state index is 12.3. The van der Waals surface area contributed by atoms with Gasteiger partial charge >= 0.3 is 6.18 Å². The number of alkyl halides is 3. The Bertz CT molecular complexity index is 515. The number of nitrogens with two attached hydrogens (primary N) is 1. The highest BCUT2D eigenvalue weighted by atomic mass is 32.2. The molecule has 0 amide bonds. The van der Waals surface area contributed by atoms with Gasteiger partial charge in [-0.2, -0.15) is 17.5 Å². The summed E-state index contributed by atoms with van der Waals surface area (Å²) in [5, 5.41) is 0. The van der Waals surface area contributed by atoms with Gasteiger partial charge in [-0.15, -0.1) is 0 Å². The minimum absolute atomic E-state index is 0.206. The standard InChI is InChI=1S/C9H13F3N4O2S/c1-2-16(6-9(10,11)12)19(17,18)7-3-4-8(15-13)14-5-7/h3-5H,2,6,13H2,1H3,(H,14,15). The molecule has 1 rings (SSSR count). The number of hydrazine groups is 1. The maximum atomic E-state index is 12.3. The normalized spacial score (nSPS) is 12.7. The molecule has 0 aliphatic rings. The molecule has 0 bridgehead atoms. The van der Waals surface area contributed by atoms with Gasteiger partial charge in [-0.25, -0.2) is 19.2 Å². The maximum Gasteiger partial charge on any atom is 0.402 e. The number of hydrogen-bond acceptors (Lipinski definition) is 5. The molecule has 0 saturated heterocycles. The van der Waals surface area contributed by atoms with Crippen LogP contribution in [0.1, 0.15) is 6.92 Å². The third-order valence-corrected chi connectivity index (χ3v) is 4.13. The first-order chi connectivity index (χ1) is 8.70. The van der Waals surface area contributed by atoms with Crippen LogP contribution in [0.5, 0.6) is 0 Å². The van der Waals surface area contributed by atoms with Gasteiger partial charge in [0.25, 0.3) is 0 Å². The molecule has 19 heavy (non-hydrogen) atoms. The van der Waals surface area contributed by atoms with Crippen molar-refractivity contribution in [3.63, 3.8) is 0 Å². The average molecular weight is 298 g/mol. The number of nitrogen functional groups attached to an aromatic ring is 1. The molecule has 0 saturated carbocycles. The molecule has 3 N–H and O–H groups in total. The van der Waals surface area contributed by atoms with Crippen molar-refractivity contribution < 1.29 is 21.6 Å². The monoisotopic (exact) mass is 298 g/mol. The fourth-order valence-electron chi connectivity index (χ4n) is 1.33. The molecular formula is C9H13F3N4O2S. The number of hydrogen-bond donors (Lipinski definition) is 2. The summed E-state index contributed by atoms with van der Waals surface area (Å²) in [5.41, 5.74) is 2.19. The number of nitrogens with zero attached hydrogens (tertiary/aromatic N) is 2. The van der Waals surface area contributed by atoms with E-state index in [0.717, 1.165) is 12.3 Å². The lowest BCUT2D eigenvalue weighted by Crippen LogP contribution is -2.38. The van der Waals surface area contributed by atoms with Crippen molar-refractivity contribution in [2.75, 3.05) is 18.5 Å². The zero-order valence-electron chi connectivity index (χ0n) is 9.98. The second kappa shape index (κ2) is 5.72. The van der Waals surface area contributed by atoms with Crippen LogP contribution in [0.4, 0.5) is 19.0 Å². The van der Waals surface area contributed by atoms with Crippen molar-refractivity contribution in [1.29, 1.82) is 0 Å². The van der Waals surface area contributed by atoms with E-state index in [4.69, 9.17) is 5.84 Å². The minimum atomic E-state index is -4.60.